The summed E-state index contributed by atoms with van der Waals surface area (Å²) in [4.78, 5) is 24.9. The minimum Gasteiger partial charge on any atom is -0.468 e. The predicted molar refractivity (Wildman–Crippen MR) is 75.3 cm³/mol. The van der Waals surface area contributed by atoms with Crippen molar-refractivity contribution >= 4 is 11.9 Å². The van der Waals surface area contributed by atoms with Crippen molar-refractivity contribution in [1.82, 2.24) is 10.2 Å². The number of rotatable bonds is 7. The third-order valence-electron chi connectivity index (χ3n) is 3.43. The van der Waals surface area contributed by atoms with Crippen molar-refractivity contribution in [3.8, 4) is 0 Å². The summed E-state index contributed by atoms with van der Waals surface area (Å²) in [6, 6.07) is -0.0273. The van der Waals surface area contributed by atoms with E-state index in [1.807, 2.05) is 13.8 Å². The van der Waals surface area contributed by atoms with Gasteiger partial charge < -0.3 is 19.7 Å². The Morgan fingerprint density at radius 3 is 2.50 bits per heavy atom. The molecule has 0 unspecified atom stereocenters. The van der Waals surface area contributed by atoms with E-state index in [1.165, 1.54) is 12.0 Å². The van der Waals surface area contributed by atoms with Crippen molar-refractivity contribution in [2.24, 2.45) is 0 Å². The molecule has 1 fully saturated rings. The largest absolute Gasteiger partial charge is 0.468 e. The van der Waals surface area contributed by atoms with Gasteiger partial charge in [0.15, 0.2) is 0 Å². The predicted octanol–water partition coefficient (Wildman–Crippen LogP) is 0.555. The van der Waals surface area contributed by atoms with Crippen molar-refractivity contribution in [2.45, 2.75) is 45.3 Å². The van der Waals surface area contributed by atoms with Crippen molar-refractivity contribution in [1.29, 1.82) is 0 Å². The monoisotopic (exact) mass is 286 g/mol. The number of nitrogens with zero attached hydrogens (tertiary/aromatic N) is 1. The summed E-state index contributed by atoms with van der Waals surface area (Å²) in [5, 5.41) is 3.27. The highest BCUT2D eigenvalue weighted by Crippen LogP contribution is 2.09. The first kappa shape index (κ1) is 16.9. The number of carbonyl (C=O) groups is 2. The summed E-state index contributed by atoms with van der Waals surface area (Å²) in [6.45, 7) is 6.12. The molecule has 1 heterocycles. The van der Waals surface area contributed by atoms with Gasteiger partial charge in [0.1, 0.15) is 6.54 Å². The zero-order valence-corrected chi connectivity index (χ0v) is 12.7. The number of carbonyl (C=O) groups excluding carboxylic acids is 2. The topological polar surface area (TPSA) is 67.9 Å². The van der Waals surface area contributed by atoms with Gasteiger partial charge in [-0.05, 0) is 39.8 Å². The van der Waals surface area contributed by atoms with E-state index in [9.17, 15) is 9.59 Å². The first-order valence-electron chi connectivity index (χ1n) is 7.23. The number of methoxy groups -OCH3 is 1. The minimum atomic E-state index is -0.397. The van der Waals surface area contributed by atoms with Crippen LogP contribution in [0.5, 0.6) is 0 Å². The summed E-state index contributed by atoms with van der Waals surface area (Å²) in [5.74, 6) is -0.467. The number of ether oxygens (including phenoxy) is 2. The molecule has 0 aromatic heterocycles. The molecule has 1 saturated heterocycles. The molecule has 0 bridgehead atoms. The van der Waals surface area contributed by atoms with Gasteiger partial charge in [0, 0.05) is 6.04 Å². The fraction of sp³-hybridized carbons (Fsp3) is 0.857. The van der Waals surface area contributed by atoms with E-state index < -0.39 is 5.97 Å². The van der Waals surface area contributed by atoms with Crippen LogP contribution in [0.4, 0.5) is 0 Å². The summed E-state index contributed by atoms with van der Waals surface area (Å²) in [7, 11) is 1.32. The van der Waals surface area contributed by atoms with Crippen LogP contribution in [0.3, 0.4) is 0 Å². The van der Waals surface area contributed by atoms with E-state index in [0.717, 1.165) is 25.9 Å². The lowest BCUT2D eigenvalue weighted by Gasteiger charge is -2.26. The molecule has 1 N–H and O–H groups in total. The van der Waals surface area contributed by atoms with E-state index in [0.29, 0.717) is 13.0 Å². The van der Waals surface area contributed by atoms with E-state index >= 15 is 0 Å². The molecule has 0 aliphatic carbocycles. The Kier molecular flexibility index (Phi) is 7.54. The Balaban J connectivity index is 2.31. The number of esters is 1. The highest BCUT2D eigenvalue weighted by atomic mass is 16.5. The second kappa shape index (κ2) is 8.92. The molecule has 0 atom stereocenters. The molecule has 0 aromatic carbocycles. The molecule has 0 aromatic rings. The van der Waals surface area contributed by atoms with Crippen LogP contribution in [0.15, 0.2) is 0 Å². The number of hydrogen-bond donors (Lipinski definition) is 1. The molecule has 1 aliphatic heterocycles. The number of nitrogens with one attached hydrogen (secondary N) is 1. The SMILES string of the molecule is COC(=O)CN(C(=O)CCOC1CCNCC1)C(C)C. The van der Waals surface area contributed by atoms with Crippen LogP contribution >= 0.6 is 0 Å². The molecule has 0 spiro atoms. The Morgan fingerprint density at radius 1 is 1.30 bits per heavy atom. The molecule has 1 rings (SSSR count). The first-order valence-corrected chi connectivity index (χ1v) is 7.23. The van der Waals surface area contributed by atoms with E-state index in [4.69, 9.17) is 4.74 Å². The van der Waals surface area contributed by atoms with Gasteiger partial charge in [-0.3, -0.25) is 9.59 Å². The van der Waals surface area contributed by atoms with Crippen molar-refractivity contribution in [3.05, 3.63) is 0 Å². The minimum absolute atomic E-state index is 0.000346. The molecular formula is C14H26N2O4. The van der Waals surface area contributed by atoms with Gasteiger partial charge in [0.25, 0.3) is 0 Å². The number of hydrogen-bond acceptors (Lipinski definition) is 5. The Hall–Kier alpha value is -1.14. The van der Waals surface area contributed by atoms with Gasteiger partial charge in [-0.2, -0.15) is 0 Å². The maximum Gasteiger partial charge on any atom is 0.325 e. The summed E-state index contributed by atoms with van der Waals surface area (Å²) in [5.41, 5.74) is 0. The van der Waals surface area contributed by atoms with Crippen LogP contribution in [0, 0.1) is 0 Å². The number of amides is 1. The molecule has 1 aliphatic rings. The van der Waals surface area contributed by atoms with Crippen molar-refractivity contribution in [3.63, 3.8) is 0 Å². The first-order chi connectivity index (χ1) is 9.54. The second-order valence-corrected chi connectivity index (χ2v) is 5.26. The summed E-state index contributed by atoms with van der Waals surface area (Å²) < 4.78 is 10.3. The van der Waals surface area contributed by atoms with Gasteiger partial charge in [-0.15, -0.1) is 0 Å². The van der Waals surface area contributed by atoms with Crippen LogP contribution in [0.1, 0.15) is 33.1 Å². The van der Waals surface area contributed by atoms with E-state index in [2.05, 4.69) is 10.1 Å². The highest BCUT2D eigenvalue weighted by Gasteiger charge is 2.21. The molecule has 1 amide bonds. The molecule has 20 heavy (non-hydrogen) atoms. The third-order valence-corrected chi connectivity index (χ3v) is 3.43. The lowest BCUT2D eigenvalue weighted by atomic mass is 10.1. The molecule has 6 nitrogen and oxygen atoms in total. The average Bonchev–Trinajstić information content (AvgIpc) is 2.45. The van der Waals surface area contributed by atoms with E-state index in [1.54, 1.807) is 0 Å². The zero-order chi connectivity index (χ0) is 15.0. The molecular weight excluding hydrogens is 260 g/mol. The molecule has 116 valence electrons. The van der Waals surface area contributed by atoms with Crippen LogP contribution in [-0.4, -0.2) is 62.3 Å². The normalized spacial score (nSPS) is 16.2. The quantitative estimate of drug-likeness (QED) is 0.692. The standard InChI is InChI=1S/C14H26N2O4/c1-11(2)16(10-14(18)19-3)13(17)6-9-20-12-4-7-15-8-5-12/h11-12,15H,4-10H2,1-3H3. The van der Waals surface area contributed by atoms with Gasteiger partial charge in [0.2, 0.25) is 5.91 Å². The zero-order valence-electron chi connectivity index (χ0n) is 12.7. The van der Waals surface area contributed by atoms with Crippen molar-refractivity contribution < 1.29 is 19.1 Å². The lowest BCUT2D eigenvalue weighted by Crippen LogP contribution is -2.41. The van der Waals surface area contributed by atoms with Gasteiger partial charge >= 0.3 is 5.97 Å². The molecule has 0 radical (unpaired) electrons. The Morgan fingerprint density at radius 2 is 1.95 bits per heavy atom. The summed E-state index contributed by atoms with van der Waals surface area (Å²) >= 11 is 0. The van der Waals surface area contributed by atoms with Gasteiger partial charge in [-0.25, -0.2) is 0 Å². The van der Waals surface area contributed by atoms with Crippen LogP contribution in [0.25, 0.3) is 0 Å². The number of piperidine rings is 1. The van der Waals surface area contributed by atoms with E-state index in [-0.39, 0.29) is 24.6 Å². The Labute approximate surface area is 120 Å². The van der Waals surface area contributed by atoms with Gasteiger partial charge in [0.05, 0.1) is 26.2 Å². The maximum atomic E-state index is 12.1. The highest BCUT2D eigenvalue weighted by molar-refractivity contribution is 5.82. The van der Waals surface area contributed by atoms with Gasteiger partial charge in [-0.1, -0.05) is 0 Å². The lowest BCUT2D eigenvalue weighted by molar-refractivity contribution is -0.148. The third kappa shape index (κ3) is 5.88. The fourth-order valence-electron chi connectivity index (χ4n) is 2.18. The van der Waals surface area contributed by atoms with Crippen LogP contribution in [0.2, 0.25) is 0 Å². The summed E-state index contributed by atoms with van der Waals surface area (Å²) in [6.07, 6.45) is 2.53. The Bertz CT molecular complexity index is 314. The fourth-order valence-corrected chi connectivity index (χ4v) is 2.18. The maximum absolute atomic E-state index is 12.1. The molecule has 6 heteroatoms. The smallest absolute Gasteiger partial charge is 0.325 e. The average molecular weight is 286 g/mol. The second-order valence-electron chi connectivity index (χ2n) is 5.26. The van der Waals surface area contributed by atoms with Crippen LogP contribution < -0.4 is 5.32 Å². The van der Waals surface area contributed by atoms with Crippen molar-refractivity contribution in [2.75, 3.05) is 33.4 Å². The molecule has 0 saturated carbocycles. The van der Waals surface area contributed by atoms with Crippen LogP contribution in [-0.2, 0) is 19.1 Å².